The molecule has 0 radical (unpaired) electrons. The Labute approximate surface area is 104 Å². The highest BCUT2D eigenvalue weighted by Crippen LogP contribution is 2.23. The van der Waals surface area contributed by atoms with E-state index >= 15 is 0 Å². The van der Waals surface area contributed by atoms with Crippen molar-refractivity contribution in [3.8, 4) is 0 Å². The first-order valence-corrected chi connectivity index (χ1v) is 6.71. The van der Waals surface area contributed by atoms with Crippen LogP contribution in [0.5, 0.6) is 0 Å². The zero-order valence-electron chi connectivity index (χ0n) is 11.3. The summed E-state index contributed by atoms with van der Waals surface area (Å²) in [6.07, 6.45) is 2.62. The Morgan fingerprint density at radius 2 is 1.88 bits per heavy atom. The molecule has 1 saturated heterocycles. The molecule has 0 aromatic carbocycles. The predicted molar refractivity (Wildman–Crippen MR) is 71.6 cm³/mol. The molecule has 0 bridgehead atoms. The van der Waals surface area contributed by atoms with Crippen molar-refractivity contribution in [2.75, 3.05) is 37.6 Å². The number of rotatable bonds is 4. The minimum atomic E-state index is 1.13. The summed E-state index contributed by atoms with van der Waals surface area (Å²) in [5, 5.41) is 7.35. The van der Waals surface area contributed by atoms with E-state index in [4.69, 9.17) is 0 Å². The summed E-state index contributed by atoms with van der Waals surface area (Å²) < 4.78 is 0. The molecule has 0 saturated carbocycles. The van der Waals surface area contributed by atoms with Gasteiger partial charge in [-0.3, -0.25) is 10.00 Å². The van der Waals surface area contributed by atoms with Gasteiger partial charge in [0.2, 0.25) is 0 Å². The fourth-order valence-corrected chi connectivity index (χ4v) is 2.59. The molecular weight excluding hydrogens is 212 g/mol. The van der Waals surface area contributed by atoms with Crippen molar-refractivity contribution in [1.29, 1.82) is 0 Å². The molecule has 2 rings (SSSR count). The van der Waals surface area contributed by atoms with Crippen molar-refractivity contribution >= 4 is 5.69 Å². The van der Waals surface area contributed by atoms with Crippen LogP contribution in [0.15, 0.2) is 0 Å². The van der Waals surface area contributed by atoms with Gasteiger partial charge < -0.3 is 4.90 Å². The molecule has 2 heterocycles. The maximum absolute atomic E-state index is 4.28. The van der Waals surface area contributed by atoms with Crippen LogP contribution in [0.1, 0.15) is 31.2 Å². The minimum Gasteiger partial charge on any atom is -0.366 e. The molecule has 0 unspecified atom stereocenters. The molecule has 4 heteroatoms. The molecule has 1 aliphatic rings. The number of aromatic amines is 1. The van der Waals surface area contributed by atoms with Gasteiger partial charge in [-0.05, 0) is 26.8 Å². The quantitative estimate of drug-likeness (QED) is 0.868. The van der Waals surface area contributed by atoms with Crippen LogP contribution in [0, 0.1) is 13.8 Å². The molecule has 1 aromatic rings. The van der Waals surface area contributed by atoms with E-state index in [9.17, 15) is 0 Å². The number of aryl methyl sites for hydroxylation is 2. The third kappa shape index (κ3) is 2.80. The van der Waals surface area contributed by atoms with Gasteiger partial charge >= 0.3 is 0 Å². The van der Waals surface area contributed by atoms with Crippen LogP contribution in [0.3, 0.4) is 0 Å². The summed E-state index contributed by atoms with van der Waals surface area (Å²) in [6.45, 7) is 12.3. The molecular formula is C13H24N4. The van der Waals surface area contributed by atoms with Crippen LogP contribution < -0.4 is 4.90 Å². The lowest BCUT2D eigenvalue weighted by Crippen LogP contribution is -2.46. The molecule has 1 N–H and O–H groups in total. The molecule has 0 atom stereocenters. The number of hydrogen-bond acceptors (Lipinski definition) is 3. The first-order chi connectivity index (χ1) is 8.22. The fourth-order valence-electron chi connectivity index (χ4n) is 2.59. The fraction of sp³-hybridized carbons (Fsp3) is 0.769. The van der Waals surface area contributed by atoms with E-state index < -0.39 is 0 Å². The van der Waals surface area contributed by atoms with Gasteiger partial charge in [0.15, 0.2) is 0 Å². The third-order valence-electron chi connectivity index (χ3n) is 3.61. The molecule has 0 amide bonds. The molecule has 1 fully saturated rings. The second kappa shape index (κ2) is 5.54. The number of unbranched alkanes of at least 4 members (excludes halogenated alkanes) is 1. The van der Waals surface area contributed by atoms with E-state index in [0.29, 0.717) is 0 Å². The number of hydrogen-bond donors (Lipinski definition) is 1. The van der Waals surface area contributed by atoms with Gasteiger partial charge in [0.05, 0.1) is 17.1 Å². The lowest BCUT2D eigenvalue weighted by Gasteiger charge is -2.36. The van der Waals surface area contributed by atoms with Gasteiger partial charge in [0, 0.05) is 26.2 Å². The lowest BCUT2D eigenvalue weighted by atomic mass is 10.2. The molecule has 0 spiro atoms. The van der Waals surface area contributed by atoms with Crippen molar-refractivity contribution in [3.05, 3.63) is 11.4 Å². The molecule has 1 aromatic heterocycles. The van der Waals surface area contributed by atoms with Crippen molar-refractivity contribution < 1.29 is 0 Å². The summed E-state index contributed by atoms with van der Waals surface area (Å²) in [5.74, 6) is 0. The number of piperazine rings is 1. The predicted octanol–water partition coefficient (Wildman–Crippen LogP) is 1.95. The van der Waals surface area contributed by atoms with Gasteiger partial charge in [0.25, 0.3) is 0 Å². The third-order valence-corrected chi connectivity index (χ3v) is 3.61. The van der Waals surface area contributed by atoms with Gasteiger partial charge in [0.1, 0.15) is 0 Å². The Morgan fingerprint density at radius 1 is 1.18 bits per heavy atom. The second-order valence-electron chi connectivity index (χ2n) is 4.96. The van der Waals surface area contributed by atoms with Crippen molar-refractivity contribution in [3.63, 3.8) is 0 Å². The Morgan fingerprint density at radius 3 is 2.41 bits per heavy atom. The highest BCUT2D eigenvalue weighted by atomic mass is 15.3. The van der Waals surface area contributed by atoms with E-state index in [0.717, 1.165) is 18.8 Å². The van der Waals surface area contributed by atoms with Gasteiger partial charge in [-0.2, -0.15) is 5.10 Å². The average Bonchev–Trinajstić information content (AvgIpc) is 2.67. The molecule has 4 nitrogen and oxygen atoms in total. The summed E-state index contributed by atoms with van der Waals surface area (Å²) >= 11 is 0. The zero-order chi connectivity index (χ0) is 12.3. The summed E-state index contributed by atoms with van der Waals surface area (Å²) in [6, 6.07) is 0. The number of H-pyrrole nitrogens is 1. The number of nitrogens with zero attached hydrogens (tertiary/aromatic N) is 3. The Bertz CT molecular complexity index is 331. The van der Waals surface area contributed by atoms with Gasteiger partial charge in [-0.15, -0.1) is 0 Å². The van der Waals surface area contributed by atoms with Crippen LogP contribution in [-0.2, 0) is 0 Å². The highest BCUT2D eigenvalue weighted by Gasteiger charge is 2.20. The van der Waals surface area contributed by atoms with Crippen LogP contribution in [0.25, 0.3) is 0 Å². The van der Waals surface area contributed by atoms with Gasteiger partial charge in [-0.25, -0.2) is 0 Å². The van der Waals surface area contributed by atoms with E-state index in [1.807, 2.05) is 0 Å². The van der Waals surface area contributed by atoms with Crippen LogP contribution in [0.2, 0.25) is 0 Å². The van der Waals surface area contributed by atoms with E-state index in [-0.39, 0.29) is 0 Å². The van der Waals surface area contributed by atoms with E-state index in [1.165, 1.54) is 43.9 Å². The van der Waals surface area contributed by atoms with Crippen molar-refractivity contribution in [1.82, 2.24) is 15.1 Å². The maximum atomic E-state index is 4.28. The first-order valence-electron chi connectivity index (χ1n) is 6.71. The number of anilines is 1. The maximum Gasteiger partial charge on any atom is 0.0827 e. The number of aromatic nitrogens is 2. The molecule has 0 aliphatic carbocycles. The first kappa shape index (κ1) is 12.4. The highest BCUT2D eigenvalue weighted by molar-refractivity contribution is 5.54. The van der Waals surface area contributed by atoms with Crippen LogP contribution in [-0.4, -0.2) is 47.8 Å². The summed E-state index contributed by atoms with van der Waals surface area (Å²) in [4.78, 5) is 5.04. The van der Waals surface area contributed by atoms with E-state index in [2.05, 4.69) is 40.8 Å². The Hall–Kier alpha value is -1.03. The lowest BCUT2D eigenvalue weighted by molar-refractivity contribution is 0.254. The minimum absolute atomic E-state index is 1.13. The molecule has 96 valence electrons. The van der Waals surface area contributed by atoms with E-state index in [1.54, 1.807) is 0 Å². The monoisotopic (exact) mass is 236 g/mol. The largest absolute Gasteiger partial charge is 0.366 e. The second-order valence-corrected chi connectivity index (χ2v) is 4.96. The molecule has 1 aliphatic heterocycles. The summed E-state index contributed by atoms with van der Waals surface area (Å²) in [7, 11) is 0. The average molecular weight is 236 g/mol. The normalized spacial score (nSPS) is 17.7. The van der Waals surface area contributed by atoms with Crippen molar-refractivity contribution in [2.24, 2.45) is 0 Å². The van der Waals surface area contributed by atoms with Crippen LogP contribution >= 0.6 is 0 Å². The smallest absolute Gasteiger partial charge is 0.0827 e. The molecule has 17 heavy (non-hydrogen) atoms. The SMILES string of the molecule is CCCCN1CCN(c2c(C)n[nH]c2C)CC1. The standard InChI is InChI=1S/C13H24N4/c1-4-5-6-16-7-9-17(10-8-16)13-11(2)14-15-12(13)3/h4-10H2,1-3H3,(H,14,15). The Balaban J connectivity index is 1.91. The van der Waals surface area contributed by atoms with Gasteiger partial charge in [-0.1, -0.05) is 13.3 Å². The summed E-state index contributed by atoms with van der Waals surface area (Å²) in [5.41, 5.74) is 3.65. The number of nitrogens with one attached hydrogen (secondary N) is 1. The Kier molecular flexibility index (Phi) is 4.05. The van der Waals surface area contributed by atoms with Crippen molar-refractivity contribution in [2.45, 2.75) is 33.6 Å². The van der Waals surface area contributed by atoms with Crippen LogP contribution in [0.4, 0.5) is 5.69 Å². The topological polar surface area (TPSA) is 35.2 Å². The zero-order valence-corrected chi connectivity index (χ0v) is 11.3.